The van der Waals surface area contributed by atoms with Crippen molar-refractivity contribution in [1.82, 2.24) is 4.98 Å². The van der Waals surface area contributed by atoms with Crippen LogP contribution < -0.4 is 0 Å². The molecule has 0 aliphatic heterocycles. The first kappa shape index (κ1) is 15.4. The quantitative estimate of drug-likeness (QED) is 0.434. The SMILES string of the molecule is CCC(O)(O)C(O)(O)c1nc(S)sc1-c1ccccc1. The maximum absolute atomic E-state index is 10.1. The van der Waals surface area contributed by atoms with Crippen molar-refractivity contribution in [3.63, 3.8) is 0 Å². The summed E-state index contributed by atoms with van der Waals surface area (Å²) in [4.78, 5) is 4.37. The molecule has 0 saturated heterocycles. The second-order valence-corrected chi connectivity index (χ2v) is 6.11. The van der Waals surface area contributed by atoms with Crippen LogP contribution in [0.1, 0.15) is 19.0 Å². The number of thiol groups is 1. The van der Waals surface area contributed by atoms with E-state index in [-0.39, 0.29) is 12.1 Å². The average molecular weight is 313 g/mol. The van der Waals surface area contributed by atoms with Gasteiger partial charge in [-0.3, -0.25) is 0 Å². The molecule has 1 heterocycles. The van der Waals surface area contributed by atoms with E-state index in [1.807, 2.05) is 6.07 Å². The lowest BCUT2D eigenvalue weighted by molar-refractivity contribution is -0.367. The van der Waals surface area contributed by atoms with E-state index in [0.717, 1.165) is 11.3 Å². The Kier molecular flexibility index (Phi) is 4.19. The van der Waals surface area contributed by atoms with Crippen LogP contribution in [0, 0.1) is 0 Å². The second-order valence-electron chi connectivity index (χ2n) is 4.38. The molecule has 7 heteroatoms. The van der Waals surface area contributed by atoms with Gasteiger partial charge >= 0.3 is 0 Å². The molecule has 0 fully saturated rings. The van der Waals surface area contributed by atoms with Crippen LogP contribution >= 0.6 is 24.0 Å². The number of benzene rings is 1. The lowest BCUT2D eigenvalue weighted by Gasteiger charge is -2.33. The van der Waals surface area contributed by atoms with Gasteiger partial charge in [-0.25, -0.2) is 4.98 Å². The van der Waals surface area contributed by atoms with Crippen molar-refractivity contribution >= 4 is 24.0 Å². The first-order valence-corrected chi connectivity index (χ1v) is 7.21. The third kappa shape index (κ3) is 2.60. The first-order chi connectivity index (χ1) is 9.29. The lowest BCUT2D eigenvalue weighted by atomic mass is 9.97. The average Bonchev–Trinajstić information content (AvgIpc) is 2.82. The smallest absolute Gasteiger partial charge is 0.264 e. The van der Waals surface area contributed by atoms with Crippen LogP contribution in [0.3, 0.4) is 0 Å². The number of hydrogen-bond acceptors (Lipinski definition) is 7. The van der Waals surface area contributed by atoms with Gasteiger partial charge in [0, 0.05) is 6.42 Å². The highest BCUT2D eigenvalue weighted by atomic mass is 32.2. The van der Waals surface area contributed by atoms with Gasteiger partial charge in [-0.05, 0) is 5.56 Å². The van der Waals surface area contributed by atoms with Gasteiger partial charge in [-0.2, -0.15) is 0 Å². The normalized spacial score (nSPS) is 12.7. The molecule has 0 radical (unpaired) electrons. The van der Waals surface area contributed by atoms with E-state index in [1.54, 1.807) is 24.3 Å². The van der Waals surface area contributed by atoms with E-state index in [4.69, 9.17) is 0 Å². The topological polar surface area (TPSA) is 93.8 Å². The zero-order chi connectivity index (χ0) is 15.0. The molecule has 0 amide bonds. The van der Waals surface area contributed by atoms with Gasteiger partial charge in [-0.15, -0.1) is 24.0 Å². The summed E-state index contributed by atoms with van der Waals surface area (Å²) in [7, 11) is 0. The summed E-state index contributed by atoms with van der Waals surface area (Å²) in [6.45, 7) is 1.43. The molecule has 4 N–H and O–H groups in total. The van der Waals surface area contributed by atoms with Crippen LogP contribution in [-0.2, 0) is 5.79 Å². The zero-order valence-electron chi connectivity index (χ0n) is 10.7. The fourth-order valence-corrected chi connectivity index (χ4v) is 3.00. The molecule has 2 rings (SSSR count). The van der Waals surface area contributed by atoms with E-state index < -0.39 is 11.6 Å². The molecule has 5 nitrogen and oxygen atoms in total. The van der Waals surface area contributed by atoms with Gasteiger partial charge in [0.2, 0.25) is 5.79 Å². The minimum Gasteiger partial charge on any atom is -0.361 e. The predicted molar refractivity (Wildman–Crippen MR) is 78.4 cm³/mol. The number of nitrogens with zero attached hydrogens (tertiary/aromatic N) is 1. The number of aliphatic hydroxyl groups is 4. The van der Waals surface area contributed by atoms with Crippen LogP contribution in [-0.4, -0.2) is 31.2 Å². The maximum Gasteiger partial charge on any atom is 0.264 e. The van der Waals surface area contributed by atoms with Crippen molar-refractivity contribution in [3.05, 3.63) is 36.0 Å². The van der Waals surface area contributed by atoms with Crippen LogP contribution in [0.15, 0.2) is 34.7 Å². The summed E-state index contributed by atoms with van der Waals surface area (Å²) in [5.41, 5.74) is 0.477. The molecule has 0 aliphatic carbocycles. The molecule has 1 aromatic heterocycles. The van der Waals surface area contributed by atoms with Crippen molar-refractivity contribution in [2.75, 3.05) is 0 Å². The summed E-state index contributed by atoms with van der Waals surface area (Å²) in [6, 6.07) is 8.94. The van der Waals surface area contributed by atoms with Gasteiger partial charge in [0.05, 0.1) is 4.88 Å². The van der Waals surface area contributed by atoms with Gasteiger partial charge in [0.25, 0.3) is 5.79 Å². The van der Waals surface area contributed by atoms with Crippen LogP contribution in [0.5, 0.6) is 0 Å². The van der Waals surface area contributed by atoms with Crippen LogP contribution in [0.25, 0.3) is 10.4 Å². The molecule has 2 aromatic rings. The Morgan fingerprint density at radius 2 is 1.75 bits per heavy atom. The molecule has 0 aliphatic rings. The fourth-order valence-electron chi connectivity index (χ4n) is 1.77. The Bertz CT molecular complexity index is 596. The van der Waals surface area contributed by atoms with E-state index in [9.17, 15) is 20.4 Å². The van der Waals surface area contributed by atoms with Crippen molar-refractivity contribution in [2.24, 2.45) is 0 Å². The molecule has 0 atom stereocenters. The Hall–Kier alpha value is -0.960. The Morgan fingerprint density at radius 1 is 1.15 bits per heavy atom. The minimum atomic E-state index is -2.88. The fraction of sp³-hybridized carbons (Fsp3) is 0.308. The summed E-state index contributed by atoms with van der Waals surface area (Å²) in [5, 5.41) is 39.8. The molecule has 0 unspecified atom stereocenters. The largest absolute Gasteiger partial charge is 0.361 e. The zero-order valence-corrected chi connectivity index (χ0v) is 12.4. The number of aromatic nitrogens is 1. The Balaban J connectivity index is 2.59. The van der Waals surface area contributed by atoms with E-state index in [0.29, 0.717) is 14.8 Å². The van der Waals surface area contributed by atoms with Crippen molar-refractivity contribution in [2.45, 2.75) is 29.3 Å². The molecule has 0 spiro atoms. The number of rotatable bonds is 4. The monoisotopic (exact) mass is 313 g/mol. The molecular weight excluding hydrogens is 298 g/mol. The number of hydrogen-bond donors (Lipinski definition) is 5. The Labute approximate surface area is 125 Å². The molecule has 0 saturated carbocycles. The van der Waals surface area contributed by atoms with Crippen molar-refractivity contribution in [3.8, 4) is 10.4 Å². The van der Waals surface area contributed by atoms with Gasteiger partial charge in [-0.1, -0.05) is 37.3 Å². The summed E-state index contributed by atoms with van der Waals surface area (Å²) in [5.74, 6) is -5.59. The third-order valence-electron chi connectivity index (χ3n) is 3.03. The second kappa shape index (κ2) is 5.44. The third-order valence-corrected chi connectivity index (χ3v) is 4.31. The lowest BCUT2D eigenvalue weighted by Crippen LogP contribution is -2.52. The highest BCUT2D eigenvalue weighted by Crippen LogP contribution is 2.41. The summed E-state index contributed by atoms with van der Waals surface area (Å²) >= 11 is 5.24. The molecule has 108 valence electrons. The first-order valence-electron chi connectivity index (χ1n) is 5.94. The van der Waals surface area contributed by atoms with Crippen LogP contribution in [0.4, 0.5) is 0 Å². The van der Waals surface area contributed by atoms with Gasteiger partial charge < -0.3 is 20.4 Å². The van der Waals surface area contributed by atoms with E-state index >= 15 is 0 Å². The van der Waals surface area contributed by atoms with E-state index in [2.05, 4.69) is 17.6 Å². The van der Waals surface area contributed by atoms with E-state index in [1.165, 1.54) is 6.92 Å². The summed E-state index contributed by atoms with van der Waals surface area (Å²) in [6.07, 6.45) is -0.270. The molecule has 1 aromatic carbocycles. The molecule has 0 bridgehead atoms. The number of thiazole rings is 1. The minimum absolute atomic E-state index is 0.217. The van der Waals surface area contributed by atoms with Gasteiger partial charge in [0.1, 0.15) is 10.0 Å². The highest BCUT2D eigenvalue weighted by molar-refractivity contribution is 7.82. The summed E-state index contributed by atoms with van der Waals surface area (Å²) < 4.78 is 0.304. The standard InChI is InChI=1S/C13H15NO4S2/c1-2-12(15,16)13(17,18)10-9(20-11(19)14-10)8-6-4-3-5-7-8/h3-7,15-18H,2H2,1H3,(H,14,19). The van der Waals surface area contributed by atoms with Crippen molar-refractivity contribution < 1.29 is 20.4 Å². The highest BCUT2D eigenvalue weighted by Gasteiger charge is 2.50. The van der Waals surface area contributed by atoms with Crippen molar-refractivity contribution in [1.29, 1.82) is 0 Å². The molecular formula is C13H15NO4S2. The predicted octanol–water partition coefficient (Wildman–Crippen LogP) is 1.33. The Morgan fingerprint density at radius 3 is 2.30 bits per heavy atom. The maximum atomic E-state index is 10.1. The van der Waals surface area contributed by atoms with Crippen LogP contribution in [0.2, 0.25) is 0 Å². The molecule has 20 heavy (non-hydrogen) atoms. The van der Waals surface area contributed by atoms with Gasteiger partial charge in [0.15, 0.2) is 0 Å².